The Balaban J connectivity index is 1.66. The van der Waals surface area contributed by atoms with Crippen LogP contribution in [0.4, 0.5) is 0 Å². The average molecular weight is 206 g/mol. The van der Waals surface area contributed by atoms with E-state index in [9.17, 15) is 8.42 Å². The van der Waals surface area contributed by atoms with Crippen LogP contribution in [0.15, 0.2) is 0 Å². The van der Waals surface area contributed by atoms with E-state index in [-0.39, 0.29) is 12.2 Å². The van der Waals surface area contributed by atoms with E-state index in [0.29, 0.717) is 6.10 Å². The van der Waals surface area contributed by atoms with Crippen LogP contribution in [0.1, 0.15) is 25.7 Å². The Labute approximate surface area is 78.3 Å². The molecule has 2 saturated carbocycles. The normalized spacial score (nSPS) is 34.2. The Kier molecular flexibility index (Phi) is 2.33. The second-order valence-electron chi connectivity index (χ2n) is 3.85. The fraction of sp³-hybridized carbons (Fsp3) is 1.00. The van der Waals surface area contributed by atoms with Gasteiger partial charge in [-0.3, -0.25) is 4.18 Å². The van der Waals surface area contributed by atoms with Crippen LogP contribution in [0, 0.1) is 0 Å². The highest BCUT2D eigenvalue weighted by atomic mass is 32.2. The zero-order valence-corrected chi connectivity index (χ0v) is 8.42. The summed E-state index contributed by atoms with van der Waals surface area (Å²) in [5.41, 5.74) is 0. The van der Waals surface area contributed by atoms with E-state index in [1.165, 1.54) is 0 Å². The van der Waals surface area contributed by atoms with E-state index < -0.39 is 10.1 Å². The molecule has 2 fully saturated rings. The van der Waals surface area contributed by atoms with Crippen molar-refractivity contribution in [2.45, 2.75) is 44.0 Å². The summed E-state index contributed by atoms with van der Waals surface area (Å²) in [6.07, 6.45) is 5.40. The molecule has 5 heteroatoms. The number of hydrogen-bond donors (Lipinski definition) is 0. The van der Waals surface area contributed by atoms with Gasteiger partial charge < -0.3 is 4.74 Å². The molecule has 0 N–H and O–H groups in total. The van der Waals surface area contributed by atoms with Crippen LogP contribution in [0.25, 0.3) is 0 Å². The van der Waals surface area contributed by atoms with Gasteiger partial charge in [0.25, 0.3) is 10.1 Å². The monoisotopic (exact) mass is 206 g/mol. The minimum atomic E-state index is -3.28. The lowest BCUT2D eigenvalue weighted by atomic mass is 9.92. The fourth-order valence-corrected chi connectivity index (χ4v) is 2.08. The van der Waals surface area contributed by atoms with Crippen molar-refractivity contribution in [2.24, 2.45) is 0 Å². The van der Waals surface area contributed by atoms with Gasteiger partial charge in [-0.25, -0.2) is 0 Å². The SMILES string of the molecule is CS(=O)(=O)OC1CC(OC2CC2)C1. The fourth-order valence-electron chi connectivity index (χ4n) is 1.43. The second kappa shape index (κ2) is 3.22. The topological polar surface area (TPSA) is 52.6 Å². The van der Waals surface area contributed by atoms with E-state index in [0.717, 1.165) is 31.9 Å². The highest BCUT2D eigenvalue weighted by molar-refractivity contribution is 7.86. The van der Waals surface area contributed by atoms with Gasteiger partial charge in [0.15, 0.2) is 0 Å². The van der Waals surface area contributed by atoms with Crippen molar-refractivity contribution in [3.8, 4) is 0 Å². The predicted octanol–water partition coefficient (Wildman–Crippen LogP) is 0.673. The van der Waals surface area contributed by atoms with Gasteiger partial charge in [0.2, 0.25) is 0 Å². The van der Waals surface area contributed by atoms with Crippen molar-refractivity contribution in [1.29, 1.82) is 0 Å². The molecule has 4 nitrogen and oxygen atoms in total. The smallest absolute Gasteiger partial charge is 0.264 e. The Hall–Kier alpha value is -0.130. The van der Waals surface area contributed by atoms with Crippen molar-refractivity contribution in [3.05, 3.63) is 0 Å². The maximum absolute atomic E-state index is 10.7. The van der Waals surface area contributed by atoms with Gasteiger partial charge in [0.05, 0.1) is 24.6 Å². The summed E-state index contributed by atoms with van der Waals surface area (Å²) in [5.74, 6) is 0. The molecule has 0 heterocycles. The summed E-state index contributed by atoms with van der Waals surface area (Å²) < 4.78 is 31.8. The molecular formula is C8H14O4S. The number of ether oxygens (including phenoxy) is 1. The van der Waals surface area contributed by atoms with Crippen molar-refractivity contribution >= 4 is 10.1 Å². The van der Waals surface area contributed by atoms with E-state index in [1.54, 1.807) is 0 Å². The van der Waals surface area contributed by atoms with Gasteiger partial charge in [-0.05, 0) is 12.8 Å². The Morgan fingerprint density at radius 3 is 2.15 bits per heavy atom. The first-order valence-corrected chi connectivity index (χ1v) is 6.38. The van der Waals surface area contributed by atoms with Crippen LogP contribution in [0.3, 0.4) is 0 Å². The molecule has 0 aromatic heterocycles. The lowest BCUT2D eigenvalue weighted by Gasteiger charge is -2.33. The maximum atomic E-state index is 10.7. The van der Waals surface area contributed by atoms with Gasteiger partial charge in [-0.1, -0.05) is 0 Å². The largest absolute Gasteiger partial charge is 0.375 e. The zero-order valence-electron chi connectivity index (χ0n) is 7.60. The predicted molar refractivity (Wildman–Crippen MR) is 46.8 cm³/mol. The number of rotatable bonds is 4. The quantitative estimate of drug-likeness (QED) is 0.634. The minimum absolute atomic E-state index is 0.140. The molecule has 0 atom stereocenters. The molecule has 2 aliphatic rings. The molecule has 0 unspecified atom stereocenters. The minimum Gasteiger partial charge on any atom is -0.375 e. The Morgan fingerprint density at radius 2 is 1.69 bits per heavy atom. The van der Waals surface area contributed by atoms with E-state index in [1.807, 2.05) is 0 Å². The van der Waals surface area contributed by atoms with Crippen LogP contribution in [0.2, 0.25) is 0 Å². The summed E-state index contributed by atoms with van der Waals surface area (Å²) >= 11 is 0. The maximum Gasteiger partial charge on any atom is 0.264 e. The first-order chi connectivity index (χ1) is 6.03. The highest BCUT2D eigenvalue weighted by Gasteiger charge is 2.37. The third-order valence-corrected chi connectivity index (χ3v) is 2.89. The number of hydrogen-bond acceptors (Lipinski definition) is 4. The summed E-state index contributed by atoms with van der Waals surface area (Å²) in [4.78, 5) is 0. The Bertz CT molecular complexity index is 275. The molecule has 2 aliphatic carbocycles. The summed E-state index contributed by atoms with van der Waals surface area (Å²) in [6, 6.07) is 0. The van der Waals surface area contributed by atoms with Crippen molar-refractivity contribution in [2.75, 3.05) is 6.26 Å². The van der Waals surface area contributed by atoms with E-state index >= 15 is 0 Å². The summed E-state index contributed by atoms with van der Waals surface area (Å²) in [5, 5.41) is 0. The lowest BCUT2D eigenvalue weighted by molar-refractivity contribution is -0.0660. The van der Waals surface area contributed by atoms with Crippen LogP contribution >= 0.6 is 0 Å². The van der Waals surface area contributed by atoms with Gasteiger partial charge in [0.1, 0.15) is 0 Å². The molecule has 0 amide bonds. The molecular weight excluding hydrogens is 192 g/mol. The average Bonchev–Trinajstić information content (AvgIpc) is 2.63. The molecule has 0 aromatic rings. The molecule has 0 saturated heterocycles. The molecule has 13 heavy (non-hydrogen) atoms. The lowest BCUT2D eigenvalue weighted by Crippen LogP contribution is -2.39. The van der Waals surface area contributed by atoms with Crippen LogP contribution in [-0.2, 0) is 19.0 Å². The van der Waals surface area contributed by atoms with E-state index in [4.69, 9.17) is 8.92 Å². The third-order valence-electron chi connectivity index (χ3n) is 2.27. The van der Waals surface area contributed by atoms with Crippen molar-refractivity contribution in [3.63, 3.8) is 0 Å². The molecule has 2 rings (SSSR count). The molecule has 0 aliphatic heterocycles. The summed E-state index contributed by atoms with van der Waals surface area (Å²) in [7, 11) is -3.28. The van der Waals surface area contributed by atoms with Gasteiger partial charge in [-0.15, -0.1) is 0 Å². The van der Waals surface area contributed by atoms with Crippen molar-refractivity contribution < 1.29 is 17.3 Å². The first kappa shape index (κ1) is 9.43. The highest BCUT2D eigenvalue weighted by Crippen LogP contribution is 2.34. The second-order valence-corrected chi connectivity index (χ2v) is 5.45. The summed E-state index contributed by atoms with van der Waals surface area (Å²) in [6.45, 7) is 0. The molecule has 0 spiro atoms. The van der Waals surface area contributed by atoms with Crippen molar-refractivity contribution in [1.82, 2.24) is 0 Å². The molecule has 0 radical (unpaired) electrons. The molecule has 76 valence electrons. The van der Waals surface area contributed by atoms with Crippen LogP contribution in [0.5, 0.6) is 0 Å². The van der Waals surface area contributed by atoms with E-state index in [2.05, 4.69) is 0 Å². The standard InChI is InChI=1S/C8H14O4S/c1-13(9,10)12-8-4-7(5-8)11-6-2-3-6/h6-8H,2-5H2,1H3. The van der Waals surface area contributed by atoms with Gasteiger partial charge in [-0.2, -0.15) is 8.42 Å². The van der Waals surface area contributed by atoms with Crippen LogP contribution in [-0.4, -0.2) is 33.0 Å². The van der Waals surface area contributed by atoms with Gasteiger partial charge >= 0.3 is 0 Å². The molecule has 0 bridgehead atoms. The van der Waals surface area contributed by atoms with Crippen LogP contribution < -0.4 is 0 Å². The van der Waals surface area contributed by atoms with Gasteiger partial charge in [0, 0.05) is 12.8 Å². The molecule has 0 aromatic carbocycles. The Morgan fingerprint density at radius 1 is 1.08 bits per heavy atom. The zero-order chi connectivity index (χ0) is 9.47. The first-order valence-electron chi connectivity index (χ1n) is 4.56. The third kappa shape index (κ3) is 2.93.